The van der Waals surface area contributed by atoms with Gasteiger partial charge in [-0.15, -0.1) is 0 Å². The van der Waals surface area contributed by atoms with Crippen LogP contribution in [0, 0.1) is 6.92 Å². The minimum absolute atomic E-state index is 0.174. The Morgan fingerprint density at radius 2 is 1.94 bits per heavy atom. The van der Waals surface area contributed by atoms with Crippen LogP contribution in [0.5, 0.6) is 5.75 Å². The molecule has 0 aliphatic heterocycles. The highest BCUT2D eigenvalue weighted by Gasteiger charge is 2.16. The molecule has 0 fully saturated rings. The summed E-state index contributed by atoms with van der Waals surface area (Å²) in [5, 5.41) is 8.67. The van der Waals surface area contributed by atoms with Crippen LogP contribution in [0.2, 0.25) is 0 Å². The van der Waals surface area contributed by atoms with E-state index >= 15 is 0 Å². The molecule has 1 aromatic carbocycles. The summed E-state index contributed by atoms with van der Waals surface area (Å²) in [6.07, 6.45) is 0.681. The maximum absolute atomic E-state index is 8.67. The normalized spacial score (nSPS) is 11.6. The van der Waals surface area contributed by atoms with E-state index in [1.807, 2.05) is 6.07 Å². The van der Waals surface area contributed by atoms with Crippen LogP contribution in [-0.4, -0.2) is 18.3 Å². The minimum Gasteiger partial charge on any atom is -0.493 e. The summed E-state index contributed by atoms with van der Waals surface area (Å²) in [5.74, 6) is 0.888. The summed E-state index contributed by atoms with van der Waals surface area (Å²) in [5.41, 5.74) is 2.78. The Kier molecular flexibility index (Phi) is 4.36. The molecule has 1 aromatic rings. The van der Waals surface area contributed by atoms with Crippen molar-refractivity contribution in [1.82, 2.24) is 0 Å². The summed E-state index contributed by atoms with van der Waals surface area (Å²) < 4.78 is 5.53. The first-order chi connectivity index (χ1) is 7.45. The van der Waals surface area contributed by atoms with Gasteiger partial charge in [0.1, 0.15) is 5.75 Å². The van der Waals surface area contributed by atoms with Crippen LogP contribution >= 0.6 is 0 Å². The lowest BCUT2D eigenvalue weighted by molar-refractivity contribution is 0.233. The highest BCUT2D eigenvalue weighted by atomic mass is 16.5. The summed E-state index contributed by atoms with van der Waals surface area (Å²) in [4.78, 5) is 0. The van der Waals surface area contributed by atoms with E-state index in [4.69, 9.17) is 9.84 Å². The van der Waals surface area contributed by atoms with E-state index in [9.17, 15) is 0 Å². The number of benzene rings is 1. The lowest BCUT2D eigenvalue weighted by Gasteiger charge is -2.22. The van der Waals surface area contributed by atoms with E-state index < -0.39 is 0 Å². The molecule has 0 atom stereocenters. The Morgan fingerprint density at radius 1 is 1.25 bits per heavy atom. The number of aryl methyl sites for hydroxylation is 1. The monoisotopic (exact) mass is 222 g/mol. The van der Waals surface area contributed by atoms with Gasteiger partial charge in [0.15, 0.2) is 0 Å². The Hall–Kier alpha value is -1.02. The molecule has 0 radical (unpaired) electrons. The predicted octanol–water partition coefficient (Wildman–Crippen LogP) is 3.05. The van der Waals surface area contributed by atoms with Crippen LogP contribution in [-0.2, 0) is 5.41 Å². The molecule has 2 heteroatoms. The van der Waals surface area contributed by atoms with Crippen molar-refractivity contribution < 1.29 is 9.84 Å². The van der Waals surface area contributed by atoms with Gasteiger partial charge in [-0.3, -0.25) is 0 Å². The van der Waals surface area contributed by atoms with Crippen LogP contribution in [0.15, 0.2) is 18.2 Å². The van der Waals surface area contributed by atoms with Crippen molar-refractivity contribution in [1.29, 1.82) is 0 Å². The third-order valence-corrected chi connectivity index (χ3v) is 2.58. The van der Waals surface area contributed by atoms with Crippen molar-refractivity contribution in [2.45, 2.75) is 39.5 Å². The summed E-state index contributed by atoms with van der Waals surface area (Å²) in [6.45, 7) is 9.49. The smallest absolute Gasteiger partial charge is 0.119 e. The van der Waals surface area contributed by atoms with Crippen molar-refractivity contribution in [3.8, 4) is 5.75 Å². The van der Waals surface area contributed by atoms with Crippen molar-refractivity contribution in [2.24, 2.45) is 0 Å². The molecule has 0 spiro atoms. The third-order valence-electron chi connectivity index (χ3n) is 2.58. The van der Waals surface area contributed by atoms with Gasteiger partial charge in [-0.1, -0.05) is 26.8 Å². The lowest BCUT2D eigenvalue weighted by atomic mass is 9.84. The van der Waals surface area contributed by atoms with E-state index in [0.29, 0.717) is 13.0 Å². The molecule has 16 heavy (non-hydrogen) atoms. The molecule has 0 heterocycles. The molecule has 0 aromatic heterocycles. The topological polar surface area (TPSA) is 29.5 Å². The molecule has 0 aliphatic rings. The molecular formula is C14H22O2. The Morgan fingerprint density at radius 3 is 2.44 bits per heavy atom. The van der Waals surface area contributed by atoms with E-state index in [1.54, 1.807) is 0 Å². The van der Waals surface area contributed by atoms with Gasteiger partial charge in [0.25, 0.3) is 0 Å². The predicted molar refractivity (Wildman–Crippen MR) is 67.1 cm³/mol. The molecule has 0 amide bonds. The standard InChI is InChI=1S/C14H22O2/c1-11-10-12(16-9-5-8-15)6-7-13(11)14(2,3)4/h6-7,10,15H,5,8-9H2,1-4H3. The second-order valence-corrected chi connectivity index (χ2v) is 5.15. The molecule has 1 N–H and O–H groups in total. The number of aliphatic hydroxyl groups is 1. The zero-order chi connectivity index (χ0) is 12.2. The fourth-order valence-electron chi connectivity index (χ4n) is 1.82. The fraction of sp³-hybridized carbons (Fsp3) is 0.571. The van der Waals surface area contributed by atoms with E-state index in [-0.39, 0.29) is 12.0 Å². The highest BCUT2D eigenvalue weighted by molar-refractivity contribution is 5.38. The zero-order valence-electron chi connectivity index (χ0n) is 10.7. The number of ether oxygens (including phenoxy) is 1. The van der Waals surface area contributed by atoms with Gasteiger partial charge < -0.3 is 9.84 Å². The quantitative estimate of drug-likeness (QED) is 0.793. The molecule has 90 valence electrons. The van der Waals surface area contributed by atoms with Gasteiger partial charge in [0.2, 0.25) is 0 Å². The lowest BCUT2D eigenvalue weighted by Crippen LogP contribution is -2.13. The maximum Gasteiger partial charge on any atom is 0.119 e. The van der Waals surface area contributed by atoms with Crippen LogP contribution in [0.4, 0.5) is 0 Å². The van der Waals surface area contributed by atoms with Gasteiger partial charge in [-0.05, 0) is 35.6 Å². The number of hydrogen-bond donors (Lipinski definition) is 1. The second kappa shape index (κ2) is 5.35. The van der Waals surface area contributed by atoms with Crippen molar-refractivity contribution >= 4 is 0 Å². The first kappa shape index (κ1) is 13.0. The van der Waals surface area contributed by atoms with Gasteiger partial charge in [0, 0.05) is 13.0 Å². The first-order valence-corrected chi connectivity index (χ1v) is 5.80. The average Bonchev–Trinajstić information content (AvgIpc) is 2.16. The molecule has 0 bridgehead atoms. The van der Waals surface area contributed by atoms with Crippen LogP contribution in [0.25, 0.3) is 0 Å². The van der Waals surface area contributed by atoms with Crippen molar-refractivity contribution in [3.05, 3.63) is 29.3 Å². The number of aliphatic hydroxyl groups excluding tert-OH is 1. The van der Waals surface area contributed by atoms with Gasteiger partial charge in [0.05, 0.1) is 6.61 Å². The summed E-state index contributed by atoms with van der Waals surface area (Å²) >= 11 is 0. The largest absolute Gasteiger partial charge is 0.493 e. The van der Waals surface area contributed by atoms with Crippen LogP contribution < -0.4 is 4.74 Å². The average molecular weight is 222 g/mol. The van der Waals surface area contributed by atoms with Crippen LogP contribution in [0.3, 0.4) is 0 Å². The first-order valence-electron chi connectivity index (χ1n) is 5.80. The number of hydrogen-bond acceptors (Lipinski definition) is 2. The van der Waals surface area contributed by atoms with Gasteiger partial charge in [-0.25, -0.2) is 0 Å². The van der Waals surface area contributed by atoms with E-state index in [2.05, 4.69) is 39.8 Å². The maximum atomic E-state index is 8.67. The molecular weight excluding hydrogens is 200 g/mol. The Labute approximate surface area is 98.3 Å². The van der Waals surface area contributed by atoms with Crippen molar-refractivity contribution in [3.63, 3.8) is 0 Å². The van der Waals surface area contributed by atoms with Crippen LogP contribution in [0.1, 0.15) is 38.3 Å². The zero-order valence-corrected chi connectivity index (χ0v) is 10.7. The van der Waals surface area contributed by atoms with Crippen molar-refractivity contribution in [2.75, 3.05) is 13.2 Å². The second-order valence-electron chi connectivity index (χ2n) is 5.15. The molecule has 0 saturated carbocycles. The van der Waals surface area contributed by atoms with Gasteiger partial charge in [-0.2, -0.15) is 0 Å². The molecule has 0 saturated heterocycles. The minimum atomic E-state index is 0.174. The molecule has 2 nitrogen and oxygen atoms in total. The Balaban J connectivity index is 2.75. The summed E-state index contributed by atoms with van der Waals surface area (Å²) in [7, 11) is 0. The summed E-state index contributed by atoms with van der Waals surface area (Å²) in [6, 6.07) is 6.20. The van der Waals surface area contributed by atoms with E-state index in [1.165, 1.54) is 11.1 Å². The third kappa shape index (κ3) is 3.53. The van der Waals surface area contributed by atoms with Gasteiger partial charge >= 0.3 is 0 Å². The molecule has 0 unspecified atom stereocenters. The fourth-order valence-corrected chi connectivity index (χ4v) is 1.82. The highest BCUT2D eigenvalue weighted by Crippen LogP contribution is 2.28. The SMILES string of the molecule is Cc1cc(OCCCO)ccc1C(C)(C)C. The molecule has 1 rings (SSSR count). The molecule has 0 aliphatic carbocycles. The van der Waals surface area contributed by atoms with E-state index in [0.717, 1.165) is 5.75 Å². The Bertz CT molecular complexity index is 337. The number of rotatable bonds is 4.